The van der Waals surface area contributed by atoms with Crippen LogP contribution in [0.5, 0.6) is 0 Å². The van der Waals surface area contributed by atoms with Gasteiger partial charge in [0.25, 0.3) is 0 Å². The highest BCUT2D eigenvalue weighted by atomic mass is 32.2. The van der Waals surface area contributed by atoms with Crippen LogP contribution in [0.3, 0.4) is 0 Å². The molecule has 0 aromatic carbocycles. The number of hydrogen-bond acceptors (Lipinski definition) is 4. The van der Waals surface area contributed by atoms with Crippen LogP contribution in [0.1, 0.15) is 32.9 Å². The van der Waals surface area contributed by atoms with Gasteiger partial charge in [-0.15, -0.1) is 0 Å². The van der Waals surface area contributed by atoms with Crippen molar-refractivity contribution in [3.05, 3.63) is 18.0 Å². The lowest BCUT2D eigenvalue weighted by molar-refractivity contribution is 0.167. The Bertz CT molecular complexity index is 518. The molecule has 0 spiro atoms. The van der Waals surface area contributed by atoms with Crippen LogP contribution in [0, 0.1) is 0 Å². The molecule has 122 valence electrons. The highest BCUT2D eigenvalue weighted by molar-refractivity contribution is 7.89. The average Bonchev–Trinajstić information content (AvgIpc) is 2.91. The van der Waals surface area contributed by atoms with Gasteiger partial charge >= 0.3 is 0 Å². The zero-order valence-corrected chi connectivity index (χ0v) is 14.1. The van der Waals surface area contributed by atoms with Gasteiger partial charge in [0.15, 0.2) is 0 Å². The van der Waals surface area contributed by atoms with E-state index < -0.39 is 10.0 Å². The van der Waals surface area contributed by atoms with Crippen molar-refractivity contribution in [1.82, 2.24) is 8.87 Å². The van der Waals surface area contributed by atoms with E-state index in [0.717, 1.165) is 6.42 Å². The van der Waals surface area contributed by atoms with Gasteiger partial charge in [-0.2, -0.15) is 4.31 Å². The molecule has 1 N–H and O–H groups in total. The molecule has 1 heterocycles. The normalized spacial score (nSPS) is 13.8. The maximum atomic E-state index is 12.8. The van der Waals surface area contributed by atoms with Crippen molar-refractivity contribution in [3.8, 4) is 0 Å². The standard InChI is InChI=1S/C14H26N2O4S/c1-5-12(3)16(7-8-20-4)21(18,19)14-9-13(11-17)15(6-2)10-14/h9-10,12,17H,5-8,11H2,1-4H3. The predicted molar refractivity (Wildman–Crippen MR) is 81.5 cm³/mol. The van der Waals surface area contributed by atoms with Gasteiger partial charge in [0, 0.05) is 38.1 Å². The van der Waals surface area contributed by atoms with Crippen LogP contribution in [-0.2, 0) is 27.9 Å². The Kier molecular flexibility index (Phi) is 6.86. The Morgan fingerprint density at radius 1 is 1.43 bits per heavy atom. The summed E-state index contributed by atoms with van der Waals surface area (Å²) in [5.74, 6) is 0. The van der Waals surface area contributed by atoms with Gasteiger partial charge in [0.2, 0.25) is 10.0 Å². The van der Waals surface area contributed by atoms with Crippen LogP contribution in [0.15, 0.2) is 17.2 Å². The van der Waals surface area contributed by atoms with Crippen molar-refractivity contribution in [2.24, 2.45) is 0 Å². The second-order valence-corrected chi connectivity index (χ2v) is 6.87. The molecule has 1 unspecified atom stereocenters. The number of aryl methyl sites for hydroxylation is 1. The molecule has 0 amide bonds. The Morgan fingerprint density at radius 3 is 2.52 bits per heavy atom. The molecule has 7 heteroatoms. The summed E-state index contributed by atoms with van der Waals surface area (Å²) in [6.45, 7) is 6.86. The molecule has 1 atom stereocenters. The molecule has 0 aliphatic rings. The number of ether oxygens (including phenoxy) is 1. The number of sulfonamides is 1. The number of rotatable bonds is 9. The number of aromatic nitrogens is 1. The van der Waals surface area contributed by atoms with Crippen LogP contribution in [-0.4, -0.2) is 48.7 Å². The van der Waals surface area contributed by atoms with E-state index in [0.29, 0.717) is 25.4 Å². The van der Waals surface area contributed by atoms with Crippen molar-refractivity contribution in [2.45, 2.75) is 51.3 Å². The molecule has 0 saturated heterocycles. The summed E-state index contributed by atoms with van der Waals surface area (Å²) in [5, 5.41) is 9.31. The second-order valence-electron chi connectivity index (χ2n) is 4.98. The average molecular weight is 318 g/mol. The highest BCUT2D eigenvalue weighted by Crippen LogP contribution is 2.22. The summed E-state index contributed by atoms with van der Waals surface area (Å²) in [6, 6.07) is 1.44. The smallest absolute Gasteiger partial charge is 0.244 e. The minimum Gasteiger partial charge on any atom is -0.390 e. The van der Waals surface area contributed by atoms with E-state index in [2.05, 4.69) is 0 Å². The van der Waals surface area contributed by atoms with Gasteiger partial charge < -0.3 is 14.4 Å². The first kappa shape index (κ1) is 18.2. The molecular formula is C14H26N2O4S. The van der Waals surface area contributed by atoms with Crippen LogP contribution in [0.2, 0.25) is 0 Å². The molecular weight excluding hydrogens is 292 g/mol. The van der Waals surface area contributed by atoms with E-state index >= 15 is 0 Å². The SMILES string of the molecule is CCC(C)N(CCOC)S(=O)(=O)c1cc(CO)n(CC)c1. The molecule has 6 nitrogen and oxygen atoms in total. The summed E-state index contributed by atoms with van der Waals surface area (Å²) in [4.78, 5) is 0.227. The third kappa shape index (κ3) is 4.06. The molecule has 0 bridgehead atoms. The summed E-state index contributed by atoms with van der Waals surface area (Å²) in [5.41, 5.74) is 0.604. The Labute approximate surface area is 127 Å². The second kappa shape index (κ2) is 7.93. The summed E-state index contributed by atoms with van der Waals surface area (Å²) < 4.78 is 33.9. The quantitative estimate of drug-likeness (QED) is 0.748. The molecule has 0 aliphatic heterocycles. The van der Waals surface area contributed by atoms with Crippen LogP contribution in [0.25, 0.3) is 0 Å². The number of methoxy groups -OCH3 is 1. The number of aliphatic hydroxyl groups excluding tert-OH is 1. The van der Waals surface area contributed by atoms with Gasteiger partial charge in [-0.05, 0) is 26.3 Å². The van der Waals surface area contributed by atoms with Crippen molar-refractivity contribution in [2.75, 3.05) is 20.3 Å². The zero-order valence-electron chi connectivity index (χ0n) is 13.2. The molecule has 1 rings (SSSR count). The third-order valence-corrected chi connectivity index (χ3v) is 5.65. The third-order valence-electron chi connectivity index (χ3n) is 3.67. The van der Waals surface area contributed by atoms with E-state index in [1.54, 1.807) is 23.9 Å². The highest BCUT2D eigenvalue weighted by Gasteiger charge is 2.29. The van der Waals surface area contributed by atoms with Gasteiger partial charge in [0.05, 0.1) is 13.2 Å². The van der Waals surface area contributed by atoms with E-state index in [9.17, 15) is 13.5 Å². The van der Waals surface area contributed by atoms with Crippen LogP contribution < -0.4 is 0 Å². The van der Waals surface area contributed by atoms with Gasteiger partial charge in [0.1, 0.15) is 4.90 Å². The van der Waals surface area contributed by atoms with E-state index in [4.69, 9.17) is 4.74 Å². The first-order valence-electron chi connectivity index (χ1n) is 7.23. The predicted octanol–water partition coefficient (Wildman–Crippen LogP) is 1.44. The van der Waals surface area contributed by atoms with E-state index in [-0.39, 0.29) is 17.5 Å². The molecule has 1 aromatic rings. The Balaban J connectivity index is 3.18. The summed E-state index contributed by atoms with van der Waals surface area (Å²) in [7, 11) is -2.03. The minimum absolute atomic E-state index is 0.104. The van der Waals surface area contributed by atoms with Crippen molar-refractivity contribution in [1.29, 1.82) is 0 Å². The lowest BCUT2D eigenvalue weighted by Crippen LogP contribution is -2.40. The first-order chi connectivity index (χ1) is 9.92. The zero-order chi connectivity index (χ0) is 16.0. The van der Waals surface area contributed by atoms with E-state index in [1.807, 2.05) is 20.8 Å². The minimum atomic E-state index is -3.59. The monoisotopic (exact) mass is 318 g/mol. The fourth-order valence-corrected chi connectivity index (χ4v) is 3.94. The Morgan fingerprint density at radius 2 is 2.10 bits per heavy atom. The summed E-state index contributed by atoms with van der Waals surface area (Å²) >= 11 is 0. The molecule has 0 saturated carbocycles. The van der Waals surface area contributed by atoms with Crippen molar-refractivity contribution < 1.29 is 18.3 Å². The van der Waals surface area contributed by atoms with Crippen molar-refractivity contribution >= 4 is 10.0 Å². The largest absolute Gasteiger partial charge is 0.390 e. The van der Waals surface area contributed by atoms with Gasteiger partial charge in [-0.25, -0.2) is 8.42 Å². The van der Waals surface area contributed by atoms with Gasteiger partial charge in [-0.3, -0.25) is 0 Å². The van der Waals surface area contributed by atoms with Crippen molar-refractivity contribution in [3.63, 3.8) is 0 Å². The molecule has 0 fully saturated rings. The van der Waals surface area contributed by atoms with Crippen LogP contribution in [0.4, 0.5) is 0 Å². The lowest BCUT2D eigenvalue weighted by atomic mass is 10.3. The topological polar surface area (TPSA) is 71.8 Å². The molecule has 1 aromatic heterocycles. The van der Waals surface area contributed by atoms with E-state index in [1.165, 1.54) is 4.31 Å². The van der Waals surface area contributed by atoms with Gasteiger partial charge in [-0.1, -0.05) is 6.92 Å². The number of hydrogen-bond donors (Lipinski definition) is 1. The summed E-state index contributed by atoms with van der Waals surface area (Å²) in [6.07, 6.45) is 2.31. The number of nitrogens with zero attached hydrogens (tertiary/aromatic N) is 2. The molecule has 21 heavy (non-hydrogen) atoms. The molecule has 0 radical (unpaired) electrons. The Hall–Kier alpha value is -0.890. The number of aliphatic hydroxyl groups is 1. The fourth-order valence-electron chi connectivity index (χ4n) is 2.19. The lowest BCUT2D eigenvalue weighted by Gasteiger charge is -2.26. The maximum Gasteiger partial charge on any atom is 0.244 e. The molecule has 0 aliphatic carbocycles. The first-order valence-corrected chi connectivity index (χ1v) is 8.67. The maximum absolute atomic E-state index is 12.8. The van der Waals surface area contributed by atoms with Crippen LogP contribution >= 0.6 is 0 Å². The fraction of sp³-hybridized carbons (Fsp3) is 0.714.